The number of carbonyl (C=O) groups excluding carboxylic acids is 1. The third kappa shape index (κ3) is 3.59. The van der Waals surface area contributed by atoms with Gasteiger partial charge in [-0.25, -0.2) is 0 Å². The molecule has 2 heterocycles. The van der Waals surface area contributed by atoms with E-state index in [9.17, 15) is 23.1 Å². The van der Waals surface area contributed by atoms with Gasteiger partial charge in [0, 0.05) is 11.8 Å². The molecule has 1 N–H and O–H groups in total. The lowest BCUT2D eigenvalue weighted by atomic mass is 9.75. The fourth-order valence-electron chi connectivity index (χ4n) is 4.66. The van der Waals surface area contributed by atoms with Crippen molar-refractivity contribution in [1.29, 1.82) is 5.26 Å². The summed E-state index contributed by atoms with van der Waals surface area (Å²) in [5.74, 6) is 0.444. The molecular formula is C24H20F3N3O4S. The molecule has 1 saturated carbocycles. The zero-order valence-electron chi connectivity index (χ0n) is 18.5. The van der Waals surface area contributed by atoms with Crippen LogP contribution in [0.15, 0.2) is 36.4 Å². The maximum absolute atomic E-state index is 13.6. The van der Waals surface area contributed by atoms with E-state index < -0.39 is 41.0 Å². The monoisotopic (exact) mass is 503 g/mol. The van der Waals surface area contributed by atoms with Crippen molar-refractivity contribution >= 4 is 34.6 Å². The van der Waals surface area contributed by atoms with Crippen molar-refractivity contribution in [3.8, 4) is 17.6 Å². The fourth-order valence-corrected chi connectivity index (χ4v) is 5.13. The Hall–Kier alpha value is -3.36. The average Bonchev–Trinajstić information content (AvgIpc) is 3.04. The van der Waals surface area contributed by atoms with Gasteiger partial charge in [0.05, 0.1) is 29.0 Å². The highest BCUT2D eigenvalue weighted by Gasteiger charge is 2.59. The summed E-state index contributed by atoms with van der Waals surface area (Å²) >= 11 is 5.64. The standard InChI is InChI=1S/C24H20F3N3O4S/c1-13(31)20-12-33-19-10-16(5-6-18(19)34-20)30-22(35)29(21(32)23(30)7-2-8-23)15-4-3-14(11-28)17(9-15)24(25,26)27/h3-6,9-10,13,20,31H,2,7-8,12H2,1H3/t13-,20-/m1/s1. The maximum Gasteiger partial charge on any atom is 0.417 e. The Kier molecular flexibility index (Phi) is 5.41. The van der Waals surface area contributed by atoms with Gasteiger partial charge >= 0.3 is 6.18 Å². The summed E-state index contributed by atoms with van der Waals surface area (Å²) in [4.78, 5) is 16.4. The summed E-state index contributed by atoms with van der Waals surface area (Å²) in [5.41, 5.74) is -2.15. The van der Waals surface area contributed by atoms with Crippen LogP contribution in [0.2, 0.25) is 0 Å². The van der Waals surface area contributed by atoms with E-state index in [0.29, 0.717) is 30.0 Å². The molecule has 1 spiro atoms. The molecule has 2 aromatic rings. The Bertz CT molecular complexity index is 1270. The third-order valence-corrected chi connectivity index (χ3v) is 7.05. The van der Waals surface area contributed by atoms with Crippen molar-refractivity contribution in [2.24, 2.45) is 0 Å². The summed E-state index contributed by atoms with van der Waals surface area (Å²) in [7, 11) is 0. The number of benzene rings is 2. The van der Waals surface area contributed by atoms with Crippen LogP contribution in [0.1, 0.15) is 37.3 Å². The Morgan fingerprint density at radius 3 is 2.51 bits per heavy atom. The van der Waals surface area contributed by atoms with Gasteiger partial charge in [-0.15, -0.1) is 0 Å². The first-order chi connectivity index (χ1) is 16.6. The zero-order valence-corrected chi connectivity index (χ0v) is 19.3. The van der Waals surface area contributed by atoms with E-state index in [1.165, 1.54) is 6.07 Å². The van der Waals surface area contributed by atoms with E-state index in [1.54, 1.807) is 36.1 Å². The van der Waals surface area contributed by atoms with Crippen LogP contribution in [0.25, 0.3) is 0 Å². The number of rotatable bonds is 3. The number of amides is 1. The Labute approximate surface area is 204 Å². The fraction of sp³-hybridized carbons (Fsp3) is 0.375. The molecule has 5 rings (SSSR count). The van der Waals surface area contributed by atoms with Crippen LogP contribution in [0.3, 0.4) is 0 Å². The number of carbonyl (C=O) groups is 1. The van der Waals surface area contributed by atoms with E-state index in [1.807, 2.05) is 0 Å². The van der Waals surface area contributed by atoms with Crippen molar-refractivity contribution in [2.45, 2.75) is 50.1 Å². The first kappa shape index (κ1) is 23.4. The first-order valence-electron chi connectivity index (χ1n) is 11.0. The van der Waals surface area contributed by atoms with E-state index in [4.69, 9.17) is 27.0 Å². The number of aliphatic hydroxyl groups excluding tert-OH is 1. The second-order valence-electron chi connectivity index (χ2n) is 8.82. The molecule has 11 heteroatoms. The Balaban J connectivity index is 1.54. The lowest BCUT2D eigenvalue weighted by Crippen LogP contribution is -2.55. The molecule has 0 radical (unpaired) electrons. The molecule has 1 amide bonds. The van der Waals surface area contributed by atoms with Crippen molar-refractivity contribution in [3.05, 3.63) is 47.5 Å². The highest BCUT2D eigenvalue weighted by Crippen LogP contribution is 2.49. The van der Waals surface area contributed by atoms with Crippen molar-refractivity contribution in [1.82, 2.24) is 0 Å². The number of aliphatic hydroxyl groups is 1. The van der Waals surface area contributed by atoms with Crippen LogP contribution in [0.4, 0.5) is 24.5 Å². The molecule has 1 saturated heterocycles. The van der Waals surface area contributed by atoms with Crippen molar-refractivity contribution in [3.63, 3.8) is 0 Å². The van der Waals surface area contributed by atoms with E-state index in [2.05, 4.69) is 0 Å². The average molecular weight is 504 g/mol. The molecule has 0 bridgehead atoms. The van der Waals surface area contributed by atoms with Crippen molar-refractivity contribution in [2.75, 3.05) is 16.4 Å². The molecule has 182 valence electrons. The molecule has 3 aliphatic rings. The number of fused-ring (bicyclic) bond motifs is 1. The maximum atomic E-state index is 13.6. The Morgan fingerprint density at radius 1 is 1.20 bits per heavy atom. The van der Waals surface area contributed by atoms with Crippen LogP contribution in [0.5, 0.6) is 11.5 Å². The molecule has 2 atom stereocenters. The van der Waals surface area contributed by atoms with Crippen LogP contribution in [-0.2, 0) is 11.0 Å². The first-order valence-corrected chi connectivity index (χ1v) is 11.4. The third-order valence-electron chi connectivity index (χ3n) is 6.68. The Morgan fingerprint density at radius 2 is 1.91 bits per heavy atom. The second kappa shape index (κ2) is 8.10. The molecule has 2 fully saturated rings. The molecule has 7 nitrogen and oxygen atoms in total. The topological polar surface area (TPSA) is 86.0 Å². The number of thiocarbonyl (C=S) groups is 1. The van der Waals surface area contributed by atoms with Gasteiger partial charge in [-0.05, 0) is 68.7 Å². The predicted molar refractivity (Wildman–Crippen MR) is 123 cm³/mol. The molecule has 1 aliphatic carbocycles. The molecular weight excluding hydrogens is 483 g/mol. The number of nitrogens with zero attached hydrogens (tertiary/aromatic N) is 3. The summed E-state index contributed by atoms with van der Waals surface area (Å²) in [5, 5.41) is 18.9. The van der Waals surface area contributed by atoms with E-state index in [-0.39, 0.29) is 17.4 Å². The predicted octanol–water partition coefficient (Wildman–Crippen LogP) is 4.16. The second-order valence-corrected chi connectivity index (χ2v) is 9.19. The highest BCUT2D eigenvalue weighted by atomic mass is 32.1. The minimum Gasteiger partial charge on any atom is -0.486 e. The molecule has 2 aliphatic heterocycles. The summed E-state index contributed by atoms with van der Waals surface area (Å²) < 4.78 is 52.2. The van der Waals surface area contributed by atoms with Gasteiger partial charge in [0.1, 0.15) is 12.1 Å². The molecule has 35 heavy (non-hydrogen) atoms. The van der Waals surface area contributed by atoms with Gasteiger partial charge in [-0.3, -0.25) is 9.69 Å². The van der Waals surface area contributed by atoms with Crippen LogP contribution >= 0.6 is 12.2 Å². The highest BCUT2D eigenvalue weighted by molar-refractivity contribution is 7.81. The molecule has 0 unspecified atom stereocenters. The minimum absolute atomic E-state index is 0.0441. The minimum atomic E-state index is -4.76. The van der Waals surface area contributed by atoms with E-state index in [0.717, 1.165) is 23.5 Å². The number of alkyl halides is 3. The van der Waals surface area contributed by atoms with E-state index >= 15 is 0 Å². The lowest BCUT2D eigenvalue weighted by molar-refractivity contribution is -0.137. The number of halogens is 3. The van der Waals surface area contributed by atoms with Crippen LogP contribution in [0, 0.1) is 11.3 Å². The van der Waals surface area contributed by atoms with Gasteiger partial charge in [-0.1, -0.05) is 0 Å². The largest absolute Gasteiger partial charge is 0.486 e. The summed E-state index contributed by atoms with van der Waals surface area (Å²) in [6.45, 7) is 1.74. The summed E-state index contributed by atoms with van der Waals surface area (Å²) in [6.07, 6.45) is -4.27. The smallest absolute Gasteiger partial charge is 0.417 e. The molecule has 2 aromatic carbocycles. The van der Waals surface area contributed by atoms with Gasteiger partial charge in [0.25, 0.3) is 5.91 Å². The van der Waals surface area contributed by atoms with Crippen molar-refractivity contribution < 1.29 is 32.5 Å². The van der Waals surface area contributed by atoms with Gasteiger partial charge in [0.2, 0.25) is 0 Å². The normalized spacial score (nSPS) is 21.7. The van der Waals surface area contributed by atoms with Gasteiger partial charge < -0.3 is 19.5 Å². The zero-order chi connectivity index (χ0) is 25.1. The number of anilines is 2. The number of nitriles is 1. The van der Waals surface area contributed by atoms with Crippen LogP contribution in [-0.4, -0.2) is 40.5 Å². The quantitative estimate of drug-likeness (QED) is 0.630. The lowest BCUT2D eigenvalue weighted by Gasteiger charge is -2.43. The van der Waals surface area contributed by atoms with Crippen LogP contribution < -0.4 is 19.3 Å². The number of hydrogen-bond donors (Lipinski definition) is 1. The van der Waals surface area contributed by atoms with Gasteiger partial charge in [-0.2, -0.15) is 18.4 Å². The van der Waals surface area contributed by atoms with Gasteiger partial charge in [0.15, 0.2) is 22.7 Å². The number of ether oxygens (including phenoxy) is 2. The number of hydrogen-bond acceptors (Lipinski definition) is 6. The summed E-state index contributed by atoms with van der Waals surface area (Å²) in [6, 6.07) is 9.72. The molecule has 0 aromatic heterocycles. The SMILES string of the molecule is C[C@@H](O)[C@H]1COc2cc(N3C(=S)N(c4ccc(C#N)c(C(F)(F)F)c4)C(=O)C34CCC4)ccc2O1.